The average molecular weight is 503 g/mol. The third-order valence-corrected chi connectivity index (χ3v) is 6.77. The Kier molecular flexibility index (Phi) is 8.30. The zero-order chi connectivity index (χ0) is 24.8. The highest BCUT2D eigenvalue weighted by molar-refractivity contribution is 6.30. The van der Waals surface area contributed by atoms with Crippen LogP contribution in [0.2, 0.25) is 5.02 Å². The van der Waals surface area contributed by atoms with Gasteiger partial charge < -0.3 is 19.9 Å². The molecular weight excluding hydrogens is 475 g/mol. The summed E-state index contributed by atoms with van der Waals surface area (Å²) in [5.74, 6) is -0.316. The number of hydrogen-bond donors (Lipinski definition) is 1. The zero-order valence-corrected chi connectivity index (χ0v) is 20.0. The van der Waals surface area contributed by atoms with Gasteiger partial charge in [0.1, 0.15) is 25.5 Å². The first-order chi connectivity index (χ1) is 17.0. The topological polar surface area (TPSA) is 91.3 Å². The van der Waals surface area contributed by atoms with Gasteiger partial charge in [-0.2, -0.15) is 0 Å². The Bertz CT molecular complexity index is 1060. The van der Waals surface area contributed by atoms with Crippen LogP contribution in [0.15, 0.2) is 47.6 Å². The Morgan fingerprint density at radius 3 is 2.51 bits per heavy atom. The number of carbonyl (C=O) groups is 2. The zero-order valence-electron chi connectivity index (χ0n) is 19.3. The van der Waals surface area contributed by atoms with Crippen molar-refractivity contribution in [1.29, 1.82) is 0 Å². The minimum Gasteiger partial charge on any atom is -0.382 e. The summed E-state index contributed by atoms with van der Waals surface area (Å²) in [6.07, 6.45) is 3.24. The summed E-state index contributed by atoms with van der Waals surface area (Å²) in [6.45, 7) is 0.119. The fourth-order valence-electron chi connectivity index (χ4n) is 4.54. The smallest absolute Gasteiger partial charge is 0.249 e. The van der Waals surface area contributed by atoms with E-state index in [-0.39, 0.29) is 48.4 Å². The van der Waals surface area contributed by atoms with Crippen molar-refractivity contribution in [3.05, 3.63) is 58.0 Å². The van der Waals surface area contributed by atoms with Gasteiger partial charge >= 0.3 is 0 Å². The molecule has 186 valence electrons. The maximum Gasteiger partial charge on any atom is 0.249 e. The molecule has 2 fully saturated rings. The number of anilines is 2. The molecular formula is C25H28ClFN4O4. The lowest BCUT2D eigenvalue weighted by atomic mass is 9.92. The molecule has 0 aromatic heterocycles. The molecule has 0 unspecified atom stereocenters. The fourth-order valence-corrected chi connectivity index (χ4v) is 4.67. The number of ether oxygens (including phenoxy) is 1. The molecule has 4 rings (SSSR count). The van der Waals surface area contributed by atoms with Crippen LogP contribution in [-0.2, 0) is 21.0 Å². The highest BCUT2D eigenvalue weighted by Crippen LogP contribution is 2.28. The predicted molar refractivity (Wildman–Crippen MR) is 133 cm³/mol. The Balaban J connectivity index is 1.19. The van der Waals surface area contributed by atoms with Crippen LogP contribution in [0.5, 0.6) is 0 Å². The van der Waals surface area contributed by atoms with Crippen LogP contribution < -0.4 is 10.2 Å². The molecule has 2 aliphatic rings. The van der Waals surface area contributed by atoms with Crippen molar-refractivity contribution in [1.82, 2.24) is 4.90 Å². The predicted octanol–water partition coefficient (Wildman–Crippen LogP) is 4.82. The molecule has 0 atom stereocenters. The van der Waals surface area contributed by atoms with Crippen molar-refractivity contribution in [2.75, 3.05) is 36.5 Å². The largest absolute Gasteiger partial charge is 0.382 e. The average Bonchev–Trinajstić information content (AvgIpc) is 2.88. The number of piperazine rings is 1. The van der Waals surface area contributed by atoms with Crippen molar-refractivity contribution < 1.29 is 18.7 Å². The summed E-state index contributed by atoms with van der Waals surface area (Å²) in [6, 6.07) is 12.1. The van der Waals surface area contributed by atoms with Crippen LogP contribution in [0.1, 0.15) is 31.2 Å². The second kappa shape index (κ2) is 11.6. The molecule has 2 aromatic carbocycles. The van der Waals surface area contributed by atoms with Crippen molar-refractivity contribution in [3.8, 4) is 0 Å². The number of alkyl halides is 1. The van der Waals surface area contributed by atoms with Gasteiger partial charge in [-0.05, 0) is 73.3 Å². The van der Waals surface area contributed by atoms with E-state index >= 15 is 0 Å². The molecule has 1 aliphatic carbocycles. The molecule has 35 heavy (non-hydrogen) atoms. The monoisotopic (exact) mass is 502 g/mol. The first-order valence-corrected chi connectivity index (χ1v) is 12.1. The molecule has 1 N–H and O–H groups in total. The molecule has 1 saturated heterocycles. The summed E-state index contributed by atoms with van der Waals surface area (Å²) in [4.78, 5) is 39.1. The number of nitrogens with one attached hydrogen (secondary N) is 1. The minimum atomic E-state index is -0.743. The van der Waals surface area contributed by atoms with Crippen LogP contribution in [-0.4, -0.2) is 55.1 Å². The van der Waals surface area contributed by atoms with Crippen molar-refractivity contribution >= 4 is 40.5 Å². The van der Waals surface area contributed by atoms with Gasteiger partial charge in [-0.1, -0.05) is 11.6 Å². The normalized spacial score (nSPS) is 20.6. The lowest BCUT2D eigenvalue weighted by Gasteiger charge is -2.35. The minimum absolute atomic E-state index is 0.0221. The van der Waals surface area contributed by atoms with Gasteiger partial charge in [-0.15, -0.1) is 4.91 Å². The number of hydrogen-bond acceptors (Lipinski definition) is 6. The van der Waals surface area contributed by atoms with Crippen molar-refractivity contribution in [3.63, 3.8) is 0 Å². The first kappa shape index (κ1) is 25.1. The molecule has 2 aromatic rings. The van der Waals surface area contributed by atoms with E-state index in [0.717, 1.165) is 37.1 Å². The highest BCUT2D eigenvalue weighted by atomic mass is 35.5. The Morgan fingerprint density at radius 2 is 1.86 bits per heavy atom. The summed E-state index contributed by atoms with van der Waals surface area (Å²) in [7, 11) is 0. The quantitative estimate of drug-likeness (QED) is 0.522. The molecule has 0 radical (unpaired) electrons. The van der Waals surface area contributed by atoms with E-state index in [9.17, 15) is 18.9 Å². The third-order valence-electron chi connectivity index (χ3n) is 6.52. The molecule has 0 spiro atoms. The van der Waals surface area contributed by atoms with E-state index in [1.54, 1.807) is 46.2 Å². The third kappa shape index (κ3) is 6.35. The van der Waals surface area contributed by atoms with Gasteiger partial charge in [-0.3, -0.25) is 9.59 Å². The highest BCUT2D eigenvalue weighted by Gasteiger charge is 2.29. The molecule has 8 nitrogen and oxygen atoms in total. The van der Waals surface area contributed by atoms with Gasteiger partial charge in [0.2, 0.25) is 11.8 Å². The van der Waals surface area contributed by atoms with Gasteiger partial charge in [0.25, 0.3) is 0 Å². The Hall–Kier alpha value is -3.04. The van der Waals surface area contributed by atoms with E-state index in [0.29, 0.717) is 18.1 Å². The van der Waals surface area contributed by atoms with E-state index in [1.807, 2.05) is 0 Å². The number of benzene rings is 2. The second-order valence-electron chi connectivity index (χ2n) is 8.83. The standard InChI is InChI=1S/C25H28ClFN4O4/c26-18-1-6-21(7-2-18)31-12-11-30(15-24(31)32)25(33)16-35-22-8-3-19(4-9-22)28-20-5-10-23(29-34)17(13-20)14-27/h1-2,5-7,10,13,19,22,28H,3-4,8-9,11-12,14-16H2. The molecule has 1 aliphatic heterocycles. The molecule has 2 amide bonds. The van der Waals surface area contributed by atoms with Gasteiger partial charge in [0.05, 0.1) is 6.10 Å². The molecule has 10 heteroatoms. The molecule has 0 bridgehead atoms. The summed E-state index contributed by atoms with van der Waals surface area (Å²) < 4.78 is 19.0. The number of rotatable bonds is 8. The maximum absolute atomic E-state index is 13.1. The van der Waals surface area contributed by atoms with Crippen LogP contribution >= 0.6 is 11.6 Å². The number of nitroso groups, excluding NO2 is 1. The Morgan fingerprint density at radius 1 is 1.11 bits per heavy atom. The van der Waals surface area contributed by atoms with Crippen LogP contribution in [0.4, 0.5) is 21.5 Å². The van der Waals surface area contributed by atoms with Gasteiger partial charge in [-0.25, -0.2) is 4.39 Å². The van der Waals surface area contributed by atoms with E-state index in [2.05, 4.69) is 10.5 Å². The SMILES string of the molecule is O=Nc1ccc(NC2CCC(OCC(=O)N3CCN(c4ccc(Cl)cc4)C(=O)C3)CC2)cc1CF. The van der Waals surface area contributed by atoms with E-state index in [4.69, 9.17) is 16.3 Å². The number of halogens is 2. The van der Waals surface area contributed by atoms with Crippen LogP contribution in [0.25, 0.3) is 0 Å². The number of carbonyl (C=O) groups excluding carboxylic acids is 2. The van der Waals surface area contributed by atoms with E-state index < -0.39 is 6.67 Å². The lowest BCUT2D eigenvalue weighted by molar-refractivity contribution is -0.142. The molecule has 1 saturated carbocycles. The fraction of sp³-hybridized carbons (Fsp3) is 0.440. The number of nitrogens with zero attached hydrogens (tertiary/aromatic N) is 3. The van der Waals surface area contributed by atoms with Crippen molar-refractivity contribution in [2.45, 2.75) is 44.5 Å². The summed E-state index contributed by atoms with van der Waals surface area (Å²) in [5.41, 5.74) is 1.92. The summed E-state index contributed by atoms with van der Waals surface area (Å²) in [5, 5.41) is 6.83. The van der Waals surface area contributed by atoms with Crippen molar-refractivity contribution in [2.24, 2.45) is 5.18 Å². The summed E-state index contributed by atoms with van der Waals surface area (Å²) >= 11 is 5.92. The first-order valence-electron chi connectivity index (χ1n) is 11.7. The van der Waals surface area contributed by atoms with Crippen LogP contribution in [0.3, 0.4) is 0 Å². The van der Waals surface area contributed by atoms with E-state index in [1.165, 1.54) is 6.07 Å². The lowest BCUT2D eigenvalue weighted by Crippen LogP contribution is -2.53. The number of amides is 2. The molecule has 1 heterocycles. The second-order valence-corrected chi connectivity index (χ2v) is 9.27. The van der Waals surface area contributed by atoms with Gasteiger partial charge in [0.15, 0.2) is 0 Å². The van der Waals surface area contributed by atoms with Crippen LogP contribution in [0, 0.1) is 4.91 Å². The maximum atomic E-state index is 13.1. The van der Waals surface area contributed by atoms with Gasteiger partial charge in [0, 0.05) is 41.1 Å². The Labute approximate surface area is 208 Å².